The van der Waals surface area contributed by atoms with Gasteiger partial charge in [0.05, 0.1) is 22.1 Å². The van der Waals surface area contributed by atoms with Crippen LogP contribution in [-0.2, 0) is 5.41 Å². The Kier molecular flexibility index (Phi) is 7.64. The Balaban J connectivity index is 1.07. The minimum Gasteiger partial charge on any atom is -0.309 e. The van der Waals surface area contributed by atoms with Crippen molar-refractivity contribution in [3.8, 4) is 39.1 Å². The summed E-state index contributed by atoms with van der Waals surface area (Å²) in [6.07, 6.45) is 0. The molecule has 12 aromatic rings. The van der Waals surface area contributed by atoms with Crippen LogP contribution in [0.3, 0.4) is 0 Å². The summed E-state index contributed by atoms with van der Waals surface area (Å²) in [5, 5.41) is 7.41. The number of hydrogen-bond donors (Lipinski definition) is 0. The maximum absolute atomic E-state index is 2.52. The van der Waals surface area contributed by atoms with Gasteiger partial charge >= 0.3 is 0 Å². The third-order valence-electron chi connectivity index (χ3n) is 14.4. The summed E-state index contributed by atoms with van der Waals surface area (Å²) in [6.45, 7) is 0. The molecule has 0 aliphatic heterocycles. The van der Waals surface area contributed by atoms with Crippen molar-refractivity contribution in [2.24, 2.45) is 0 Å². The maximum Gasteiger partial charge on any atom is 0.0727 e. The Bertz CT molecular complexity index is 3740. The maximum atomic E-state index is 2.52. The molecule has 1 aromatic heterocycles. The summed E-state index contributed by atoms with van der Waals surface area (Å²) in [5.41, 5.74) is 19.3. The van der Waals surface area contributed by atoms with Gasteiger partial charge in [-0.3, -0.25) is 0 Å². The van der Waals surface area contributed by atoms with Crippen molar-refractivity contribution >= 4 is 60.4 Å². The van der Waals surface area contributed by atoms with Gasteiger partial charge in [-0.05, 0) is 115 Å². The second-order valence-electron chi connectivity index (χ2n) is 17.5. The smallest absolute Gasteiger partial charge is 0.0727 e. The second-order valence-corrected chi connectivity index (χ2v) is 17.5. The van der Waals surface area contributed by atoms with Crippen LogP contribution in [0.2, 0.25) is 0 Å². The van der Waals surface area contributed by atoms with E-state index < -0.39 is 5.41 Å². The third-order valence-corrected chi connectivity index (χ3v) is 14.4. The molecule has 0 unspecified atom stereocenters. The van der Waals surface area contributed by atoms with Crippen molar-refractivity contribution in [3.05, 3.63) is 265 Å². The molecule has 2 heteroatoms. The normalized spacial score (nSPS) is 13.0. The van der Waals surface area contributed by atoms with Crippen molar-refractivity contribution in [1.82, 2.24) is 4.57 Å². The average Bonchev–Trinajstić information content (AvgIpc) is 3.98. The molecule has 0 bridgehead atoms. The number of para-hydroxylation sites is 3. The van der Waals surface area contributed by atoms with Gasteiger partial charge in [-0.1, -0.05) is 194 Å². The van der Waals surface area contributed by atoms with E-state index in [0.29, 0.717) is 0 Å². The largest absolute Gasteiger partial charge is 0.309 e. The summed E-state index contributed by atoms with van der Waals surface area (Å²) in [7, 11) is 0. The number of aromatic nitrogens is 1. The molecule has 2 aliphatic rings. The standard InChI is InChI=1S/C63H40N2/c1-3-19-41(20-4-1)61-51-27-7-9-29-53(51)62(54-30-10-8-28-52(54)61)64(42-21-5-2-6-22-42)43-35-37-47-48-38-36-44(65-59-33-17-13-25-49(59)50-26-14-18-34-60(50)65)40-58(48)63(57(47)39-43)55-31-15-11-23-45(55)46-24-12-16-32-56(46)63/h1-40H. The van der Waals surface area contributed by atoms with Crippen LogP contribution in [0.25, 0.3) is 82.4 Å². The molecule has 11 aromatic carbocycles. The van der Waals surface area contributed by atoms with Crippen LogP contribution in [0.15, 0.2) is 243 Å². The van der Waals surface area contributed by atoms with Crippen LogP contribution >= 0.6 is 0 Å². The van der Waals surface area contributed by atoms with Gasteiger partial charge in [-0.25, -0.2) is 0 Å². The molecule has 0 saturated carbocycles. The molecule has 2 aliphatic carbocycles. The zero-order valence-corrected chi connectivity index (χ0v) is 35.5. The number of benzene rings is 11. The van der Waals surface area contributed by atoms with Crippen molar-refractivity contribution in [2.45, 2.75) is 5.41 Å². The fourth-order valence-electron chi connectivity index (χ4n) is 11.8. The van der Waals surface area contributed by atoms with Gasteiger partial charge in [0.1, 0.15) is 0 Å². The van der Waals surface area contributed by atoms with Crippen molar-refractivity contribution in [1.29, 1.82) is 0 Å². The Morgan fingerprint density at radius 3 is 1.35 bits per heavy atom. The lowest BCUT2D eigenvalue weighted by Gasteiger charge is -2.33. The number of rotatable bonds is 5. The van der Waals surface area contributed by atoms with Crippen LogP contribution in [0.1, 0.15) is 22.3 Å². The summed E-state index contributed by atoms with van der Waals surface area (Å²) < 4.78 is 2.46. The van der Waals surface area contributed by atoms with Crippen LogP contribution in [0, 0.1) is 0 Å². The second kappa shape index (κ2) is 13.8. The fourth-order valence-corrected chi connectivity index (χ4v) is 11.8. The highest BCUT2D eigenvalue weighted by molar-refractivity contribution is 6.22. The molecule has 0 radical (unpaired) electrons. The molecule has 0 saturated heterocycles. The van der Waals surface area contributed by atoms with Gasteiger partial charge in [0.25, 0.3) is 0 Å². The zero-order valence-electron chi connectivity index (χ0n) is 35.5. The van der Waals surface area contributed by atoms with Gasteiger partial charge in [-0.2, -0.15) is 0 Å². The Morgan fingerprint density at radius 2 is 0.754 bits per heavy atom. The van der Waals surface area contributed by atoms with E-state index in [2.05, 4.69) is 252 Å². The molecule has 65 heavy (non-hydrogen) atoms. The molecule has 0 fully saturated rings. The Morgan fingerprint density at radius 1 is 0.308 bits per heavy atom. The lowest BCUT2D eigenvalue weighted by Crippen LogP contribution is -2.26. The molecule has 302 valence electrons. The number of fused-ring (bicyclic) bond motifs is 15. The quantitative estimate of drug-likeness (QED) is 0.157. The SMILES string of the molecule is c1ccc(-c2c3ccccc3c(N(c3ccccc3)c3ccc4c(c3)C3(c5ccccc5-c5ccccc53)c3cc(-n5c6ccccc6c6ccccc65)ccc3-4)c3ccccc23)cc1. The predicted molar refractivity (Wildman–Crippen MR) is 272 cm³/mol. The predicted octanol–water partition coefficient (Wildman–Crippen LogP) is 16.6. The minimum atomic E-state index is -0.563. The number of anilines is 3. The van der Waals surface area contributed by atoms with Crippen LogP contribution < -0.4 is 4.90 Å². The molecular weight excluding hydrogens is 785 g/mol. The van der Waals surface area contributed by atoms with E-state index in [0.717, 1.165) is 17.1 Å². The Hall–Kier alpha value is -8.46. The summed E-state index contributed by atoms with van der Waals surface area (Å²) in [5.74, 6) is 0. The first-order valence-electron chi connectivity index (χ1n) is 22.6. The first-order chi connectivity index (χ1) is 32.3. The van der Waals surface area contributed by atoms with Gasteiger partial charge in [0, 0.05) is 38.6 Å². The first-order valence-corrected chi connectivity index (χ1v) is 22.6. The average molecular weight is 825 g/mol. The third kappa shape index (κ3) is 4.94. The number of hydrogen-bond acceptors (Lipinski definition) is 1. The van der Waals surface area contributed by atoms with Gasteiger partial charge in [0.2, 0.25) is 0 Å². The highest BCUT2D eigenvalue weighted by atomic mass is 15.1. The lowest BCUT2D eigenvalue weighted by molar-refractivity contribution is 0.792. The first kappa shape index (κ1) is 36.1. The van der Waals surface area contributed by atoms with Crippen LogP contribution in [0.4, 0.5) is 17.1 Å². The summed E-state index contributed by atoms with van der Waals surface area (Å²) in [4.78, 5) is 2.52. The topological polar surface area (TPSA) is 8.17 Å². The minimum absolute atomic E-state index is 0.563. The van der Waals surface area contributed by atoms with Gasteiger partial charge in [-0.15, -0.1) is 0 Å². The van der Waals surface area contributed by atoms with E-state index in [1.54, 1.807) is 0 Å². The van der Waals surface area contributed by atoms with Crippen LogP contribution in [0.5, 0.6) is 0 Å². The molecule has 14 rings (SSSR count). The Labute approximate surface area is 377 Å². The van der Waals surface area contributed by atoms with Crippen LogP contribution in [-0.4, -0.2) is 4.57 Å². The van der Waals surface area contributed by atoms with E-state index in [1.807, 2.05) is 0 Å². The number of nitrogens with zero attached hydrogens (tertiary/aromatic N) is 2. The molecule has 0 N–H and O–H groups in total. The lowest BCUT2D eigenvalue weighted by atomic mass is 9.70. The molecule has 1 heterocycles. The zero-order chi connectivity index (χ0) is 42.6. The van der Waals surface area contributed by atoms with Gasteiger partial charge < -0.3 is 9.47 Å². The van der Waals surface area contributed by atoms with E-state index in [4.69, 9.17) is 0 Å². The fraction of sp³-hybridized carbons (Fsp3) is 0.0159. The van der Waals surface area contributed by atoms with E-state index in [1.165, 1.54) is 105 Å². The molecule has 2 nitrogen and oxygen atoms in total. The molecule has 1 spiro atoms. The summed E-state index contributed by atoms with van der Waals surface area (Å²) in [6, 6.07) is 90.2. The monoisotopic (exact) mass is 824 g/mol. The molecule has 0 atom stereocenters. The van der Waals surface area contributed by atoms with Crippen molar-refractivity contribution < 1.29 is 0 Å². The van der Waals surface area contributed by atoms with E-state index >= 15 is 0 Å². The highest BCUT2D eigenvalue weighted by Crippen LogP contribution is 2.64. The van der Waals surface area contributed by atoms with Gasteiger partial charge in [0.15, 0.2) is 0 Å². The van der Waals surface area contributed by atoms with E-state index in [9.17, 15) is 0 Å². The molecule has 0 amide bonds. The summed E-state index contributed by atoms with van der Waals surface area (Å²) >= 11 is 0. The molecular formula is C63H40N2. The van der Waals surface area contributed by atoms with Crippen molar-refractivity contribution in [2.75, 3.05) is 4.90 Å². The van der Waals surface area contributed by atoms with Crippen molar-refractivity contribution in [3.63, 3.8) is 0 Å². The highest BCUT2D eigenvalue weighted by Gasteiger charge is 2.52. The van der Waals surface area contributed by atoms with E-state index in [-0.39, 0.29) is 0 Å².